The summed E-state index contributed by atoms with van der Waals surface area (Å²) in [5.74, 6) is 1.43. The minimum absolute atomic E-state index is 0.0517. The Morgan fingerprint density at radius 1 is 0.950 bits per heavy atom. The summed E-state index contributed by atoms with van der Waals surface area (Å²) in [6.07, 6.45) is 0. The van der Waals surface area contributed by atoms with Gasteiger partial charge in [-0.3, -0.25) is 0 Å². The van der Waals surface area contributed by atoms with E-state index in [1.54, 1.807) is 14.2 Å². The Bertz CT molecular complexity index is 617. The lowest BCUT2D eigenvalue weighted by molar-refractivity contribution is 0.354. The molecule has 0 aliphatic rings. The maximum atomic E-state index is 6.02. The molecular formula is C15H13Br2ClO2. The van der Waals surface area contributed by atoms with Crippen LogP contribution in [0.25, 0.3) is 0 Å². The molecule has 0 heterocycles. The monoisotopic (exact) mass is 418 g/mol. The molecule has 1 unspecified atom stereocenters. The van der Waals surface area contributed by atoms with Crippen LogP contribution in [0, 0.1) is 0 Å². The van der Waals surface area contributed by atoms with E-state index in [0.717, 1.165) is 15.6 Å². The van der Waals surface area contributed by atoms with Gasteiger partial charge in [0.15, 0.2) is 11.5 Å². The van der Waals surface area contributed by atoms with Crippen LogP contribution in [-0.4, -0.2) is 14.2 Å². The van der Waals surface area contributed by atoms with Crippen LogP contribution in [0.5, 0.6) is 11.5 Å². The normalized spacial score (nSPS) is 12.1. The number of halogens is 3. The second kappa shape index (κ2) is 6.83. The second-order valence-electron chi connectivity index (χ2n) is 4.15. The number of ether oxygens (including phenoxy) is 2. The van der Waals surface area contributed by atoms with E-state index in [0.29, 0.717) is 16.5 Å². The van der Waals surface area contributed by atoms with Gasteiger partial charge in [-0.05, 0) is 51.3 Å². The zero-order valence-corrected chi connectivity index (χ0v) is 14.9. The number of rotatable bonds is 4. The van der Waals surface area contributed by atoms with Gasteiger partial charge in [0, 0.05) is 4.47 Å². The van der Waals surface area contributed by atoms with Crippen molar-refractivity contribution in [3.63, 3.8) is 0 Å². The maximum absolute atomic E-state index is 6.02. The number of alkyl halides is 1. The number of hydrogen-bond acceptors (Lipinski definition) is 2. The molecule has 2 aromatic carbocycles. The van der Waals surface area contributed by atoms with E-state index in [1.165, 1.54) is 0 Å². The molecule has 0 bridgehead atoms. The molecule has 2 rings (SSSR count). The Morgan fingerprint density at radius 2 is 1.55 bits per heavy atom. The molecule has 0 amide bonds. The van der Waals surface area contributed by atoms with Crippen molar-refractivity contribution >= 4 is 43.5 Å². The van der Waals surface area contributed by atoms with Gasteiger partial charge in [0.25, 0.3) is 0 Å². The molecule has 1 atom stereocenters. The summed E-state index contributed by atoms with van der Waals surface area (Å²) in [4.78, 5) is 0.0517. The van der Waals surface area contributed by atoms with Crippen molar-refractivity contribution < 1.29 is 9.47 Å². The highest BCUT2D eigenvalue weighted by Crippen LogP contribution is 2.38. The summed E-state index contributed by atoms with van der Waals surface area (Å²) in [7, 11) is 3.25. The summed E-state index contributed by atoms with van der Waals surface area (Å²) in [5, 5.41) is 0.695. The molecule has 20 heavy (non-hydrogen) atoms. The third-order valence-corrected chi connectivity index (χ3v) is 5.21. The first-order chi connectivity index (χ1) is 9.56. The summed E-state index contributed by atoms with van der Waals surface area (Å²) >= 11 is 13.2. The Balaban J connectivity index is 2.37. The first-order valence-corrected chi connectivity index (χ1v) is 7.96. The van der Waals surface area contributed by atoms with Crippen LogP contribution in [-0.2, 0) is 0 Å². The first kappa shape index (κ1) is 15.7. The Hall–Kier alpha value is -0.710. The smallest absolute Gasteiger partial charge is 0.161 e. The molecule has 0 aromatic heterocycles. The van der Waals surface area contributed by atoms with E-state index >= 15 is 0 Å². The van der Waals surface area contributed by atoms with E-state index in [9.17, 15) is 0 Å². The fourth-order valence-electron chi connectivity index (χ4n) is 1.87. The molecule has 0 N–H and O–H groups in total. The largest absolute Gasteiger partial charge is 0.493 e. The predicted octanol–water partition coefficient (Wildman–Crippen LogP) is 5.60. The van der Waals surface area contributed by atoms with Crippen LogP contribution in [0.1, 0.15) is 16.0 Å². The van der Waals surface area contributed by atoms with Gasteiger partial charge in [0.2, 0.25) is 0 Å². The molecule has 0 saturated heterocycles. The molecule has 0 spiro atoms. The van der Waals surface area contributed by atoms with Crippen LogP contribution >= 0.6 is 43.5 Å². The molecule has 0 aliphatic carbocycles. The third kappa shape index (κ3) is 3.30. The van der Waals surface area contributed by atoms with Crippen LogP contribution in [0.4, 0.5) is 0 Å². The van der Waals surface area contributed by atoms with Crippen molar-refractivity contribution in [2.75, 3.05) is 14.2 Å². The fourth-order valence-corrected chi connectivity index (χ4v) is 2.96. The quantitative estimate of drug-likeness (QED) is 0.599. The zero-order chi connectivity index (χ0) is 14.7. The molecule has 0 saturated carbocycles. The molecule has 2 aromatic rings. The highest BCUT2D eigenvalue weighted by molar-refractivity contribution is 9.10. The van der Waals surface area contributed by atoms with Crippen LogP contribution in [0.3, 0.4) is 0 Å². The van der Waals surface area contributed by atoms with E-state index in [4.69, 9.17) is 21.1 Å². The van der Waals surface area contributed by atoms with Gasteiger partial charge >= 0.3 is 0 Å². The summed E-state index contributed by atoms with van der Waals surface area (Å²) in [6.45, 7) is 0. The van der Waals surface area contributed by atoms with Crippen LogP contribution in [0.2, 0.25) is 5.02 Å². The number of benzene rings is 2. The van der Waals surface area contributed by atoms with Gasteiger partial charge in [0.1, 0.15) is 0 Å². The van der Waals surface area contributed by atoms with E-state index < -0.39 is 0 Å². The molecule has 5 heteroatoms. The first-order valence-electron chi connectivity index (χ1n) is 5.87. The minimum Gasteiger partial charge on any atom is -0.493 e. The molecule has 0 fully saturated rings. The molecular weight excluding hydrogens is 407 g/mol. The molecule has 0 aliphatic heterocycles. The second-order valence-corrected chi connectivity index (χ2v) is 6.33. The Kier molecular flexibility index (Phi) is 5.35. The Labute approximate surface area is 140 Å². The van der Waals surface area contributed by atoms with Gasteiger partial charge in [-0.15, -0.1) is 0 Å². The van der Waals surface area contributed by atoms with E-state index in [-0.39, 0.29) is 4.83 Å². The number of methoxy groups -OCH3 is 2. The summed E-state index contributed by atoms with van der Waals surface area (Å²) in [6, 6.07) is 11.7. The van der Waals surface area contributed by atoms with Gasteiger partial charge < -0.3 is 9.47 Å². The van der Waals surface area contributed by atoms with E-state index in [2.05, 4.69) is 31.9 Å². The van der Waals surface area contributed by atoms with Crippen molar-refractivity contribution in [2.45, 2.75) is 4.83 Å². The summed E-state index contributed by atoms with van der Waals surface area (Å²) < 4.78 is 11.5. The minimum atomic E-state index is 0.0517. The average molecular weight is 421 g/mol. The average Bonchev–Trinajstić information content (AvgIpc) is 2.48. The van der Waals surface area contributed by atoms with Gasteiger partial charge in [-0.25, -0.2) is 0 Å². The van der Waals surface area contributed by atoms with Gasteiger partial charge in [0.05, 0.1) is 24.1 Å². The third-order valence-electron chi connectivity index (χ3n) is 2.94. The SMILES string of the molecule is COc1ccc(C(Br)c2ccc(Cl)c(Br)c2)cc1OC. The van der Waals surface area contributed by atoms with Crippen molar-refractivity contribution in [1.29, 1.82) is 0 Å². The van der Waals surface area contributed by atoms with Crippen molar-refractivity contribution in [3.05, 3.63) is 57.0 Å². The Morgan fingerprint density at radius 3 is 2.15 bits per heavy atom. The van der Waals surface area contributed by atoms with Crippen LogP contribution < -0.4 is 9.47 Å². The predicted molar refractivity (Wildman–Crippen MR) is 89.5 cm³/mol. The van der Waals surface area contributed by atoms with E-state index in [1.807, 2.05) is 36.4 Å². The van der Waals surface area contributed by atoms with Gasteiger partial charge in [-0.1, -0.05) is 39.7 Å². The lowest BCUT2D eigenvalue weighted by Gasteiger charge is -2.14. The maximum Gasteiger partial charge on any atom is 0.161 e. The van der Waals surface area contributed by atoms with Crippen molar-refractivity contribution in [3.8, 4) is 11.5 Å². The van der Waals surface area contributed by atoms with Crippen molar-refractivity contribution in [1.82, 2.24) is 0 Å². The molecule has 106 valence electrons. The molecule has 2 nitrogen and oxygen atoms in total. The topological polar surface area (TPSA) is 18.5 Å². The summed E-state index contributed by atoms with van der Waals surface area (Å²) in [5.41, 5.74) is 2.19. The zero-order valence-electron chi connectivity index (χ0n) is 11.0. The highest BCUT2D eigenvalue weighted by atomic mass is 79.9. The fraction of sp³-hybridized carbons (Fsp3) is 0.200. The van der Waals surface area contributed by atoms with Crippen LogP contribution in [0.15, 0.2) is 40.9 Å². The lowest BCUT2D eigenvalue weighted by Crippen LogP contribution is -1.96. The number of hydrogen-bond donors (Lipinski definition) is 0. The lowest BCUT2D eigenvalue weighted by atomic mass is 10.0. The highest BCUT2D eigenvalue weighted by Gasteiger charge is 2.14. The molecule has 0 radical (unpaired) electrons. The standard InChI is InChI=1S/C15H13Br2ClO2/c1-19-13-6-4-10(8-14(13)20-2)15(17)9-3-5-12(18)11(16)7-9/h3-8,15H,1-2H3. The van der Waals surface area contributed by atoms with Gasteiger partial charge in [-0.2, -0.15) is 0 Å². The van der Waals surface area contributed by atoms with Crippen molar-refractivity contribution in [2.24, 2.45) is 0 Å².